The van der Waals surface area contributed by atoms with Gasteiger partial charge < -0.3 is 9.88 Å². The molecule has 1 aromatic heterocycles. The van der Waals surface area contributed by atoms with Crippen LogP contribution in [-0.4, -0.2) is 15.4 Å². The molecule has 1 N–H and O–H groups in total. The summed E-state index contributed by atoms with van der Waals surface area (Å²) >= 11 is 0. The number of halogens is 1. The highest BCUT2D eigenvalue weighted by molar-refractivity contribution is 6.04. The maximum Gasteiger partial charge on any atom is 0.269 e. The summed E-state index contributed by atoms with van der Waals surface area (Å²) in [6, 6.07) is 14.2. The van der Waals surface area contributed by atoms with E-state index in [2.05, 4.69) is 5.32 Å². The number of non-ortho nitro benzene ring substituents is 1. The molecule has 0 spiro atoms. The number of amides is 1. The number of rotatable bonds is 5. The molecule has 1 heterocycles. The lowest BCUT2D eigenvalue weighted by molar-refractivity contribution is -0.384. The van der Waals surface area contributed by atoms with Crippen molar-refractivity contribution in [2.45, 2.75) is 6.54 Å². The summed E-state index contributed by atoms with van der Waals surface area (Å²) in [5.74, 6) is -1.10. The summed E-state index contributed by atoms with van der Waals surface area (Å²) in [6.45, 7) is -0.00976. The van der Waals surface area contributed by atoms with E-state index < -0.39 is 22.2 Å². The molecule has 0 bridgehead atoms. The Hall–Kier alpha value is -3.81. The van der Waals surface area contributed by atoms with Crippen molar-refractivity contribution in [3.05, 3.63) is 104 Å². The number of aromatic nitrogens is 1. The largest absolute Gasteiger partial charge is 0.322 e. The van der Waals surface area contributed by atoms with Gasteiger partial charge in [-0.25, -0.2) is 4.39 Å². The third-order valence-corrected chi connectivity index (χ3v) is 3.90. The van der Waals surface area contributed by atoms with Gasteiger partial charge in [0.2, 0.25) is 0 Å². The first-order valence-corrected chi connectivity index (χ1v) is 7.94. The van der Waals surface area contributed by atoms with Crippen molar-refractivity contribution in [2.24, 2.45) is 0 Å². The maximum atomic E-state index is 13.8. The second-order valence-electron chi connectivity index (χ2n) is 5.70. The molecule has 0 saturated heterocycles. The highest BCUT2D eigenvalue weighted by Crippen LogP contribution is 2.16. The molecule has 0 radical (unpaired) electrons. The maximum absolute atomic E-state index is 13.8. The number of nitro groups is 1. The normalized spacial score (nSPS) is 10.4. The fraction of sp³-hybridized carbons (Fsp3) is 0.0526. The van der Waals surface area contributed by atoms with Crippen molar-refractivity contribution in [2.75, 3.05) is 5.32 Å². The predicted octanol–water partition coefficient (Wildman–Crippen LogP) is 3.20. The fourth-order valence-electron chi connectivity index (χ4n) is 2.51. The molecule has 0 aliphatic rings. The van der Waals surface area contributed by atoms with Crippen molar-refractivity contribution in [1.82, 2.24) is 4.57 Å². The van der Waals surface area contributed by atoms with Gasteiger partial charge in [-0.05, 0) is 30.3 Å². The number of carbonyl (C=O) groups excluding carboxylic acids is 1. The SMILES string of the molecule is O=C(Nc1ccc([N+](=O)[O-])cc1)c1cccn(Cc2ccccc2F)c1=O. The number of hydrogen-bond acceptors (Lipinski definition) is 4. The molecular weight excluding hydrogens is 353 g/mol. The Balaban J connectivity index is 1.82. The zero-order chi connectivity index (χ0) is 19.4. The molecular formula is C19H14FN3O4. The summed E-state index contributed by atoms with van der Waals surface area (Å²) in [6.07, 6.45) is 1.47. The van der Waals surface area contributed by atoms with Gasteiger partial charge in [0.05, 0.1) is 11.5 Å². The van der Waals surface area contributed by atoms with Gasteiger partial charge in [-0.15, -0.1) is 0 Å². The second-order valence-corrected chi connectivity index (χ2v) is 5.70. The molecule has 1 amide bonds. The molecule has 8 heteroatoms. The lowest BCUT2D eigenvalue weighted by Gasteiger charge is -2.09. The number of hydrogen-bond donors (Lipinski definition) is 1. The van der Waals surface area contributed by atoms with Crippen LogP contribution in [0.25, 0.3) is 0 Å². The van der Waals surface area contributed by atoms with E-state index in [0.29, 0.717) is 11.3 Å². The number of anilines is 1. The van der Waals surface area contributed by atoms with Crippen molar-refractivity contribution in [3.63, 3.8) is 0 Å². The molecule has 0 atom stereocenters. The second kappa shape index (κ2) is 7.61. The molecule has 3 aromatic rings. The third kappa shape index (κ3) is 4.06. The fourth-order valence-corrected chi connectivity index (χ4v) is 2.51. The summed E-state index contributed by atoms with van der Waals surface area (Å²) in [5, 5.41) is 13.2. The highest BCUT2D eigenvalue weighted by atomic mass is 19.1. The Morgan fingerprint density at radius 2 is 1.78 bits per heavy atom. The lowest BCUT2D eigenvalue weighted by Crippen LogP contribution is -2.29. The minimum atomic E-state index is -0.656. The molecule has 2 aromatic carbocycles. The zero-order valence-corrected chi connectivity index (χ0v) is 14.0. The van der Waals surface area contributed by atoms with Gasteiger partial charge in [0.1, 0.15) is 11.4 Å². The van der Waals surface area contributed by atoms with E-state index in [0.717, 1.165) is 0 Å². The van der Waals surface area contributed by atoms with Gasteiger partial charge in [-0.2, -0.15) is 0 Å². The van der Waals surface area contributed by atoms with Gasteiger partial charge in [0.15, 0.2) is 0 Å². The van der Waals surface area contributed by atoms with Gasteiger partial charge in [-0.3, -0.25) is 19.7 Å². The average molecular weight is 367 g/mol. The van der Waals surface area contributed by atoms with Gasteiger partial charge in [0.25, 0.3) is 17.2 Å². The van der Waals surface area contributed by atoms with Gasteiger partial charge >= 0.3 is 0 Å². The molecule has 0 aliphatic carbocycles. The molecule has 7 nitrogen and oxygen atoms in total. The van der Waals surface area contributed by atoms with Crippen molar-refractivity contribution >= 4 is 17.3 Å². The molecule has 27 heavy (non-hydrogen) atoms. The Bertz CT molecular complexity index is 1060. The van der Waals surface area contributed by atoms with E-state index in [9.17, 15) is 24.1 Å². The Labute approximate surface area is 152 Å². The first kappa shape index (κ1) is 18.0. The van der Waals surface area contributed by atoms with Crippen LogP contribution in [0.3, 0.4) is 0 Å². The first-order chi connectivity index (χ1) is 13.0. The Kier molecular flexibility index (Phi) is 5.07. The predicted molar refractivity (Wildman–Crippen MR) is 97.3 cm³/mol. The van der Waals surface area contributed by atoms with Crippen LogP contribution >= 0.6 is 0 Å². The Morgan fingerprint density at radius 3 is 2.44 bits per heavy atom. The van der Waals surface area contributed by atoms with E-state index in [1.165, 1.54) is 53.2 Å². The van der Waals surface area contributed by atoms with E-state index >= 15 is 0 Å². The van der Waals surface area contributed by atoms with Crippen LogP contribution in [0.15, 0.2) is 71.7 Å². The number of nitrogens with one attached hydrogen (secondary N) is 1. The average Bonchev–Trinajstić information content (AvgIpc) is 2.65. The van der Waals surface area contributed by atoms with Gasteiger partial charge in [0, 0.05) is 29.6 Å². The number of pyridine rings is 1. The van der Waals surface area contributed by atoms with Crippen LogP contribution in [0.4, 0.5) is 15.8 Å². The van der Waals surface area contributed by atoms with Crippen LogP contribution in [0, 0.1) is 15.9 Å². The van der Waals surface area contributed by atoms with Crippen molar-refractivity contribution in [3.8, 4) is 0 Å². The van der Waals surface area contributed by atoms with E-state index in [1.807, 2.05) is 0 Å². The summed E-state index contributed by atoms with van der Waals surface area (Å²) in [4.78, 5) is 35.1. The van der Waals surface area contributed by atoms with E-state index in [-0.39, 0.29) is 17.8 Å². The molecule has 0 saturated carbocycles. The summed E-state index contributed by atoms with van der Waals surface area (Å²) in [5.41, 5.74) is -0.158. The van der Waals surface area contributed by atoms with Crippen LogP contribution in [-0.2, 0) is 6.54 Å². The lowest BCUT2D eigenvalue weighted by atomic mass is 10.2. The third-order valence-electron chi connectivity index (χ3n) is 3.90. The standard InChI is InChI=1S/C19H14FN3O4/c20-17-6-2-1-4-13(17)12-22-11-3-5-16(19(22)25)18(24)21-14-7-9-15(10-8-14)23(26)27/h1-11H,12H2,(H,21,24). The smallest absolute Gasteiger partial charge is 0.269 e. The van der Waals surface area contributed by atoms with E-state index in [4.69, 9.17) is 0 Å². The monoisotopic (exact) mass is 367 g/mol. The molecule has 136 valence electrons. The van der Waals surface area contributed by atoms with Crippen LogP contribution in [0.5, 0.6) is 0 Å². The minimum absolute atomic E-state index is 0.00976. The molecule has 0 unspecified atom stereocenters. The summed E-state index contributed by atoms with van der Waals surface area (Å²) < 4.78 is 15.0. The number of benzene rings is 2. The summed E-state index contributed by atoms with van der Waals surface area (Å²) in [7, 11) is 0. The van der Waals surface area contributed by atoms with Crippen molar-refractivity contribution < 1.29 is 14.1 Å². The first-order valence-electron chi connectivity index (χ1n) is 7.94. The zero-order valence-electron chi connectivity index (χ0n) is 14.0. The number of nitro benzene ring substituents is 1. The van der Waals surface area contributed by atoms with Crippen molar-refractivity contribution in [1.29, 1.82) is 0 Å². The van der Waals surface area contributed by atoms with Crippen LogP contribution < -0.4 is 10.9 Å². The molecule has 0 fully saturated rings. The van der Waals surface area contributed by atoms with Crippen LogP contribution in [0.2, 0.25) is 0 Å². The Morgan fingerprint density at radius 1 is 1.07 bits per heavy atom. The highest BCUT2D eigenvalue weighted by Gasteiger charge is 2.14. The minimum Gasteiger partial charge on any atom is -0.322 e. The van der Waals surface area contributed by atoms with Gasteiger partial charge in [-0.1, -0.05) is 18.2 Å². The van der Waals surface area contributed by atoms with E-state index in [1.54, 1.807) is 18.2 Å². The number of nitrogens with zero attached hydrogens (tertiary/aromatic N) is 2. The number of carbonyl (C=O) groups is 1. The molecule has 3 rings (SSSR count). The van der Waals surface area contributed by atoms with Crippen LogP contribution in [0.1, 0.15) is 15.9 Å². The molecule has 0 aliphatic heterocycles. The topological polar surface area (TPSA) is 94.2 Å². The quantitative estimate of drug-likeness (QED) is 0.553.